The molecule has 2 heterocycles. The highest BCUT2D eigenvalue weighted by atomic mass is 32.2. The molecule has 1 atom stereocenters. The number of amides is 1. The van der Waals surface area contributed by atoms with Crippen molar-refractivity contribution in [1.29, 1.82) is 0 Å². The molecule has 0 aliphatic carbocycles. The molecule has 1 saturated heterocycles. The van der Waals surface area contributed by atoms with E-state index < -0.39 is 0 Å². The summed E-state index contributed by atoms with van der Waals surface area (Å²) in [4.78, 5) is 17.4. The number of aliphatic hydroxyl groups is 1. The summed E-state index contributed by atoms with van der Waals surface area (Å²) in [5.41, 5.74) is 0.698. The van der Waals surface area contributed by atoms with E-state index in [0.29, 0.717) is 11.3 Å². The van der Waals surface area contributed by atoms with E-state index in [2.05, 4.69) is 27.7 Å². The first-order chi connectivity index (χ1) is 12.2. The van der Waals surface area contributed by atoms with Crippen LogP contribution in [0.4, 0.5) is 0 Å². The zero-order chi connectivity index (χ0) is 17.5. The number of hydrogen-bond acceptors (Lipinski definition) is 5. The average Bonchev–Trinajstić information content (AvgIpc) is 3.13. The van der Waals surface area contributed by atoms with Crippen LogP contribution in [-0.2, 0) is 6.54 Å². The van der Waals surface area contributed by atoms with E-state index in [1.807, 2.05) is 24.3 Å². The summed E-state index contributed by atoms with van der Waals surface area (Å²) in [5.74, 6) is 0.676. The maximum atomic E-state index is 12.5. The van der Waals surface area contributed by atoms with Gasteiger partial charge < -0.3 is 10.4 Å². The third-order valence-electron chi connectivity index (χ3n) is 4.28. The van der Waals surface area contributed by atoms with Gasteiger partial charge in [-0.2, -0.15) is 0 Å². The molecule has 0 bridgehead atoms. The van der Waals surface area contributed by atoms with Crippen molar-refractivity contribution >= 4 is 29.0 Å². The fourth-order valence-electron chi connectivity index (χ4n) is 3.07. The van der Waals surface area contributed by atoms with Crippen LogP contribution >= 0.6 is 23.1 Å². The van der Waals surface area contributed by atoms with Crippen LogP contribution in [0, 0.1) is 0 Å². The Labute approximate surface area is 157 Å². The quantitative estimate of drug-likeness (QED) is 0.729. The lowest BCUT2D eigenvalue weighted by atomic mass is 10.0. The van der Waals surface area contributed by atoms with Crippen LogP contribution in [0.5, 0.6) is 0 Å². The lowest BCUT2D eigenvalue weighted by Crippen LogP contribution is -2.47. The Bertz CT molecular complexity index is 659. The van der Waals surface area contributed by atoms with E-state index in [4.69, 9.17) is 5.11 Å². The number of nitrogens with one attached hydrogen (secondary N) is 1. The maximum absolute atomic E-state index is 12.5. The summed E-state index contributed by atoms with van der Waals surface area (Å²) in [6.45, 7) is 3.15. The van der Waals surface area contributed by atoms with Crippen LogP contribution in [-0.4, -0.2) is 47.4 Å². The molecule has 25 heavy (non-hydrogen) atoms. The van der Waals surface area contributed by atoms with Crippen LogP contribution in [0.2, 0.25) is 0 Å². The summed E-state index contributed by atoms with van der Waals surface area (Å²) in [7, 11) is 0. The Balaban J connectivity index is 1.51. The fraction of sp³-hybridized carbons (Fsp3) is 0.421. The van der Waals surface area contributed by atoms with Gasteiger partial charge in [0, 0.05) is 40.2 Å². The van der Waals surface area contributed by atoms with E-state index >= 15 is 0 Å². The number of nitrogens with zero attached hydrogens (tertiary/aromatic N) is 1. The molecule has 0 radical (unpaired) electrons. The third-order valence-corrected chi connectivity index (χ3v) is 6.13. The van der Waals surface area contributed by atoms with E-state index in [-0.39, 0.29) is 18.6 Å². The molecule has 1 aliphatic heterocycles. The predicted molar refractivity (Wildman–Crippen MR) is 104 cm³/mol. The van der Waals surface area contributed by atoms with Crippen molar-refractivity contribution in [3.05, 3.63) is 52.2 Å². The van der Waals surface area contributed by atoms with Crippen molar-refractivity contribution in [3.63, 3.8) is 0 Å². The Morgan fingerprint density at radius 1 is 1.32 bits per heavy atom. The Hall–Kier alpha value is -1.34. The minimum absolute atomic E-state index is 0.00156. The minimum atomic E-state index is 0.00156. The number of carbonyl (C=O) groups excluding carboxylic acids is 1. The number of carbonyl (C=O) groups is 1. The molecular formula is C19H24N2O2S2. The number of thioether (sulfide) groups is 1. The van der Waals surface area contributed by atoms with Gasteiger partial charge in [0.2, 0.25) is 0 Å². The average molecular weight is 377 g/mol. The van der Waals surface area contributed by atoms with E-state index in [1.54, 1.807) is 23.1 Å². The molecule has 2 aromatic rings. The summed E-state index contributed by atoms with van der Waals surface area (Å²) in [6, 6.07) is 12.1. The molecule has 0 unspecified atom stereocenters. The van der Waals surface area contributed by atoms with Gasteiger partial charge in [0.1, 0.15) is 0 Å². The minimum Gasteiger partial charge on any atom is -0.396 e. The number of piperidine rings is 1. The molecule has 2 N–H and O–H groups in total. The fourth-order valence-corrected chi connectivity index (χ4v) is 4.48. The SMILES string of the molecule is O=C(N[C@@H]1CCCN(Cc2cccs2)C1)c1ccc(SCCO)cc1. The molecule has 4 nitrogen and oxygen atoms in total. The van der Waals surface area contributed by atoms with Crippen LogP contribution in [0.3, 0.4) is 0 Å². The molecule has 0 spiro atoms. The maximum Gasteiger partial charge on any atom is 0.251 e. The summed E-state index contributed by atoms with van der Waals surface area (Å²) >= 11 is 3.38. The van der Waals surface area contributed by atoms with Gasteiger partial charge in [0.05, 0.1) is 6.61 Å². The molecule has 3 rings (SSSR count). The Morgan fingerprint density at radius 3 is 2.88 bits per heavy atom. The second kappa shape index (κ2) is 9.38. The predicted octanol–water partition coefficient (Wildman–Crippen LogP) is 3.23. The van der Waals surface area contributed by atoms with E-state index in [0.717, 1.165) is 37.4 Å². The van der Waals surface area contributed by atoms with Gasteiger partial charge in [0.25, 0.3) is 5.91 Å². The molecule has 1 amide bonds. The highest BCUT2D eigenvalue weighted by Crippen LogP contribution is 2.19. The van der Waals surface area contributed by atoms with Gasteiger partial charge in [-0.1, -0.05) is 6.07 Å². The smallest absolute Gasteiger partial charge is 0.251 e. The summed E-state index contributed by atoms with van der Waals surface area (Å²) < 4.78 is 0. The van der Waals surface area contributed by atoms with Crippen LogP contribution in [0.15, 0.2) is 46.7 Å². The molecule has 1 fully saturated rings. The largest absolute Gasteiger partial charge is 0.396 e. The number of rotatable bonds is 7. The van der Waals surface area contributed by atoms with Crippen LogP contribution < -0.4 is 5.32 Å². The summed E-state index contributed by atoms with van der Waals surface area (Å²) in [5, 5.41) is 14.2. The van der Waals surface area contributed by atoms with E-state index in [9.17, 15) is 4.79 Å². The van der Waals surface area contributed by atoms with Crippen molar-refractivity contribution in [2.45, 2.75) is 30.3 Å². The first kappa shape index (κ1) is 18.5. The molecular weight excluding hydrogens is 352 g/mol. The number of aliphatic hydroxyl groups excluding tert-OH is 1. The van der Waals surface area contributed by atoms with Crippen molar-refractivity contribution in [3.8, 4) is 0 Å². The molecule has 1 aromatic heterocycles. The molecule has 0 saturated carbocycles. The van der Waals surface area contributed by atoms with Crippen LogP contribution in [0.1, 0.15) is 28.1 Å². The van der Waals surface area contributed by atoms with Gasteiger partial charge in [-0.25, -0.2) is 0 Å². The van der Waals surface area contributed by atoms with Gasteiger partial charge in [-0.3, -0.25) is 9.69 Å². The zero-order valence-corrected chi connectivity index (χ0v) is 15.8. The van der Waals surface area contributed by atoms with Crippen molar-refractivity contribution in [2.75, 3.05) is 25.4 Å². The second-order valence-corrected chi connectivity index (χ2v) is 8.42. The highest BCUT2D eigenvalue weighted by molar-refractivity contribution is 7.99. The topological polar surface area (TPSA) is 52.6 Å². The second-order valence-electron chi connectivity index (χ2n) is 6.22. The third kappa shape index (κ3) is 5.57. The lowest BCUT2D eigenvalue weighted by Gasteiger charge is -2.32. The first-order valence-corrected chi connectivity index (χ1v) is 10.5. The molecule has 134 valence electrons. The first-order valence-electron chi connectivity index (χ1n) is 8.64. The Morgan fingerprint density at radius 2 is 2.16 bits per heavy atom. The van der Waals surface area contributed by atoms with Gasteiger partial charge in [-0.05, 0) is 55.1 Å². The number of hydrogen-bond donors (Lipinski definition) is 2. The Kier molecular flexibility index (Phi) is 6.93. The molecule has 6 heteroatoms. The van der Waals surface area contributed by atoms with Crippen molar-refractivity contribution in [1.82, 2.24) is 10.2 Å². The van der Waals surface area contributed by atoms with E-state index in [1.165, 1.54) is 4.88 Å². The molecule has 1 aromatic carbocycles. The van der Waals surface area contributed by atoms with Crippen molar-refractivity contribution < 1.29 is 9.90 Å². The number of thiophene rings is 1. The van der Waals surface area contributed by atoms with Gasteiger partial charge in [-0.15, -0.1) is 23.1 Å². The standard InChI is InChI=1S/C19H24N2O2S2/c22-10-12-25-17-7-5-15(6-8-17)19(23)20-16-3-1-9-21(13-16)14-18-4-2-11-24-18/h2,4-8,11,16,22H,1,3,9-10,12-14H2,(H,20,23)/t16-/m1/s1. The van der Waals surface area contributed by atoms with Gasteiger partial charge >= 0.3 is 0 Å². The monoisotopic (exact) mass is 376 g/mol. The van der Waals surface area contributed by atoms with Crippen molar-refractivity contribution in [2.24, 2.45) is 0 Å². The lowest BCUT2D eigenvalue weighted by molar-refractivity contribution is 0.0901. The highest BCUT2D eigenvalue weighted by Gasteiger charge is 2.22. The zero-order valence-electron chi connectivity index (χ0n) is 14.2. The summed E-state index contributed by atoms with van der Waals surface area (Å²) in [6.07, 6.45) is 2.16. The van der Waals surface area contributed by atoms with Gasteiger partial charge in [0.15, 0.2) is 0 Å². The number of likely N-dealkylation sites (tertiary alicyclic amines) is 1. The number of benzene rings is 1. The molecule has 1 aliphatic rings. The normalized spacial score (nSPS) is 18.2. The van der Waals surface area contributed by atoms with Crippen LogP contribution in [0.25, 0.3) is 0 Å².